The molecule has 0 amide bonds. The maximum atomic E-state index is 9.93. The molecule has 2 unspecified atom stereocenters. The van der Waals surface area contributed by atoms with Crippen LogP contribution < -0.4 is 5.32 Å². The van der Waals surface area contributed by atoms with Gasteiger partial charge in [0.15, 0.2) is 0 Å². The Morgan fingerprint density at radius 2 is 2.13 bits per heavy atom. The van der Waals surface area contributed by atoms with E-state index in [2.05, 4.69) is 29.6 Å². The highest BCUT2D eigenvalue weighted by molar-refractivity contribution is 5.73. The molecule has 1 aliphatic heterocycles. The fraction of sp³-hybridized carbons (Fsp3) is 0.385. The zero-order valence-corrected chi connectivity index (χ0v) is 8.61. The number of hydrogen-bond donors (Lipinski definition) is 2. The standard InChI is InChI=1S/C13H15NO/c15-12-7-3-5-10-8-9-4-1-2-6-11(9)14-13(10)12/h1-2,4,6,8,12-15H,3,5,7H2. The summed E-state index contributed by atoms with van der Waals surface area (Å²) in [6.45, 7) is 0. The van der Waals surface area contributed by atoms with Gasteiger partial charge >= 0.3 is 0 Å². The van der Waals surface area contributed by atoms with Crippen LogP contribution in [0, 0.1) is 0 Å². The summed E-state index contributed by atoms with van der Waals surface area (Å²) in [4.78, 5) is 0. The van der Waals surface area contributed by atoms with E-state index < -0.39 is 0 Å². The van der Waals surface area contributed by atoms with Crippen molar-refractivity contribution in [2.75, 3.05) is 5.32 Å². The van der Waals surface area contributed by atoms with Gasteiger partial charge < -0.3 is 10.4 Å². The van der Waals surface area contributed by atoms with Crippen LogP contribution in [0.5, 0.6) is 0 Å². The smallest absolute Gasteiger partial charge is 0.0780 e. The number of fused-ring (bicyclic) bond motifs is 2. The van der Waals surface area contributed by atoms with E-state index in [-0.39, 0.29) is 12.1 Å². The molecule has 2 N–H and O–H groups in total. The molecule has 1 saturated carbocycles. The molecule has 0 radical (unpaired) electrons. The third kappa shape index (κ3) is 1.45. The molecule has 2 nitrogen and oxygen atoms in total. The summed E-state index contributed by atoms with van der Waals surface area (Å²) in [6, 6.07) is 8.42. The topological polar surface area (TPSA) is 32.3 Å². The lowest BCUT2D eigenvalue weighted by molar-refractivity contribution is 0.137. The number of aliphatic hydroxyl groups is 1. The molecule has 0 aromatic heterocycles. The van der Waals surface area contributed by atoms with Gasteiger partial charge in [-0.1, -0.05) is 24.3 Å². The fourth-order valence-corrected chi connectivity index (χ4v) is 2.56. The average molecular weight is 201 g/mol. The van der Waals surface area contributed by atoms with E-state index in [0.29, 0.717) is 0 Å². The Morgan fingerprint density at radius 3 is 3.07 bits per heavy atom. The van der Waals surface area contributed by atoms with Crippen LogP contribution in [0.1, 0.15) is 24.8 Å². The third-order valence-electron chi connectivity index (χ3n) is 3.36. The van der Waals surface area contributed by atoms with Crippen molar-refractivity contribution in [2.24, 2.45) is 0 Å². The molecular weight excluding hydrogens is 186 g/mol. The van der Waals surface area contributed by atoms with Crippen LogP contribution in [-0.2, 0) is 0 Å². The second kappa shape index (κ2) is 3.38. The summed E-state index contributed by atoms with van der Waals surface area (Å²) in [7, 11) is 0. The summed E-state index contributed by atoms with van der Waals surface area (Å²) >= 11 is 0. The molecule has 3 rings (SSSR count). The van der Waals surface area contributed by atoms with Gasteiger partial charge in [-0.25, -0.2) is 0 Å². The third-order valence-corrected chi connectivity index (χ3v) is 3.36. The molecular formula is C13H15NO. The highest BCUT2D eigenvalue weighted by atomic mass is 16.3. The van der Waals surface area contributed by atoms with Crippen LogP contribution in [0.3, 0.4) is 0 Å². The average Bonchev–Trinajstić information content (AvgIpc) is 2.27. The molecule has 0 spiro atoms. The Balaban J connectivity index is 2.03. The van der Waals surface area contributed by atoms with E-state index in [1.165, 1.54) is 11.1 Å². The lowest BCUT2D eigenvalue weighted by atomic mass is 9.84. The molecule has 0 bridgehead atoms. The Bertz CT molecular complexity index is 411. The van der Waals surface area contributed by atoms with E-state index in [0.717, 1.165) is 24.9 Å². The van der Waals surface area contributed by atoms with Crippen LogP contribution in [-0.4, -0.2) is 17.3 Å². The van der Waals surface area contributed by atoms with Gasteiger partial charge in [-0.2, -0.15) is 0 Å². The van der Waals surface area contributed by atoms with E-state index >= 15 is 0 Å². The van der Waals surface area contributed by atoms with Gasteiger partial charge in [-0.3, -0.25) is 0 Å². The van der Waals surface area contributed by atoms with Gasteiger partial charge in [-0.05, 0) is 36.5 Å². The first-order chi connectivity index (χ1) is 7.34. The first kappa shape index (κ1) is 8.98. The second-order valence-electron chi connectivity index (χ2n) is 4.39. The summed E-state index contributed by atoms with van der Waals surface area (Å²) in [5, 5.41) is 13.4. The summed E-state index contributed by atoms with van der Waals surface area (Å²) in [5.74, 6) is 0. The zero-order valence-electron chi connectivity index (χ0n) is 8.61. The first-order valence-electron chi connectivity index (χ1n) is 5.59. The largest absolute Gasteiger partial charge is 0.391 e. The maximum absolute atomic E-state index is 9.93. The molecule has 2 atom stereocenters. The molecule has 1 fully saturated rings. The number of benzene rings is 1. The van der Waals surface area contributed by atoms with Crippen molar-refractivity contribution in [1.82, 2.24) is 0 Å². The molecule has 78 valence electrons. The predicted octanol–water partition coefficient (Wildman–Crippen LogP) is 2.41. The van der Waals surface area contributed by atoms with E-state index in [1.807, 2.05) is 6.07 Å². The van der Waals surface area contributed by atoms with Crippen molar-refractivity contribution in [3.63, 3.8) is 0 Å². The lowest BCUT2D eigenvalue weighted by Gasteiger charge is -2.35. The van der Waals surface area contributed by atoms with Crippen molar-refractivity contribution in [3.05, 3.63) is 35.4 Å². The fourth-order valence-electron chi connectivity index (χ4n) is 2.56. The van der Waals surface area contributed by atoms with E-state index in [9.17, 15) is 5.11 Å². The molecule has 1 aromatic carbocycles. The summed E-state index contributed by atoms with van der Waals surface area (Å²) < 4.78 is 0. The van der Waals surface area contributed by atoms with Gasteiger partial charge in [0.1, 0.15) is 0 Å². The van der Waals surface area contributed by atoms with Crippen molar-refractivity contribution in [2.45, 2.75) is 31.4 Å². The molecule has 15 heavy (non-hydrogen) atoms. The minimum atomic E-state index is -0.224. The SMILES string of the molecule is OC1CCCC2=Cc3ccccc3NC21. The molecule has 1 aliphatic carbocycles. The molecule has 1 heterocycles. The second-order valence-corrected chi connectivity index (χ2v) is 4.39. The van der Waals surface area contributed by atoms with Gasteiger partial charge in [0.2, 0.25) is 0 Å². The predicted molar refractivity (Wildman–Crippen MR) is 61.7 cm³/mol. The van der Waals surface area contributed by atoms with Gasteiger partial charge in [0, 0.05) is 5.69 Å². The molecule has 2 aliphatic rings. The molecule has 2 heteroatoms. The van der Waals surface area contributed by atoms with Crippen molar-refractivity contribution >= 4 is 11.8 Å². The van der Waals surface area contributed by atoms with Gasteiger partial charge in [0.05, 0.1) is 12.1 Å². The Hall–Kier alpha value is -1.28. The minimum absolute atomic E-state index is 0.147. The molecule has 0 saturated heterocycles. The van der Waals surface area contributed by atoms with Crippen LogP contribution in [0.4, 0.5) is 5.69 Å². The van der Waals surface area contributed by atoms with E-state index in [4.69, 9.17) is 0 Å². The van der Waals surface area contributed by atoms with Crippen LogP contribution in [0.25, 0.3) is 6.08 Å². The number of para-hydroxylation sites is 1. The zero-order chi connectivity index (χ0) is 10.3. The number of nitrogens with one attached hydrogen (secondary N) is 1. The number of hydrogen-bond acceptors (Lipinski definition) is 2. The van der Waals surface area contributed by atoms with Gasteiger partial charge in [0.25, 0.3) is 0 Å². The molecule has 1 aromatic rings. The van der Waals surface area contributed by atoms with Crippen LogP contribution in [0.15, 0.2) is 29.8 Å². The van der Waals surface area contributed by atoms with Crippen molar-refractivity contribution in [1.29, 1.82) is 0 Å². The highest BCUT2D eigenvalue weighted by Crippen LogP contribution is 2.34. The van der Waals surface area contributed by atoms with Crippen molar-refractivity contribution in [3.8, 4) is 0 Å². The van der Waals surface area contributed by atoms with Crippen LogP contribution >= 0.6 is 0 Å². The lowest BCUT2D eigenvalue weighted by Crippen LogP contribution is -2.39. The Morgan fingerprint density at radius 1 is 1.27 bits per heavy atom. The Labute approximate surface area is 89.6 Å². The van der Waals surface area contributed by atoms with Crippen LogP contribution in [0.2, 0.25) is 0 Å². The number of aliphatic hydroxyl groups excluding tert-OH is 1. The monoisotopic (exact) mass is 201 g/mol. The normalized spacial score (nSPS) is 28.5. The number of anilines is 1. The highest BCUT2D eigenvalue weighted by Gasteiger charge is 2.29. The summed E-state index contributed by atoms with van der Waals surface area (Å²) in [6.07, 6.45) is 5.14. The van der Waals surface area contributed by atoms with Crippen molar-refractivity contribution < 1.29 is 5.11 Å². The number of rotatable bonds is 0. The maximum Gasteiger partial charge on any atom is 0.0780 e. The first-order valence-corrected chi connectivity index (χ1v) is 5.59. The van der Waals surface area contributed by atoms with E-state index in [1.54, 1.807) is 0 Å². The Kier molecular flexibility index (Phi) is 2.03. The van der Waals surface area contributed by atoms with Gasteiger partial charge in [-0.15, -0.1) is 0 Å². The quantitative estimate of drug-likeness (QED) is 0.675. The summed E-state index contributed by atoms with van der Waals surface area (Å²) in [5.41, 5.74) is 3.75. The minimum Gasteiger partial charge on any atom is -0.391 e.